The van der Waals surface area contributed by atoms with Gasteiger partial charge in [0.2, 0.25) is 0 Å². The number of nitrogens with one attached hydrogen (secondary N) is 1. The molecule has 0 spiro atoms. The standard InChI is InChI=1S/C20H25FN4O/c1-3-6-16(10-12-26)24-20-19-18(22-14(2)23-20)9-11-25(19)13-15-7-4-5-8-17(15)21/h4-5,7-9,11,16,26H,3,6,10,12-13H2,1-2H3,(H,22,23,24)/t16-/m0/s1. The summed E-state index contributed by atoms with van der Waals surface area (Å²) in [5.41, 5.74) is 2.31. The number of nitrogens with zero attached hydrogens (tertiary/aromatic N) is 3. The molecule has 0 saturated carbocycles. The first-order chi connectivity index (χ1) is 12.6. The lowest BCUT2D eigenvalue weighted by Crippen LogP contribution is -2.22. The summed E-state index contributed by atoms with van der Waals surface area (Å²) in [5, 5.41) is 12.8. The first-order valence-electron chi connectivity index (χ1n) is 9.06. The molecule has 0 aliphatic carbocycles. The topological polar surface area (TPSA) is 63.0 Å². The van der Waals surface area contributed by atoms with Crippen molar-refractivity contribution in [2.75, 3.05) is 11.9 Å². The second-order valence-electron chi connectivity index (χ2n) is 6.53. The van der Waals surface area contributed by atoms with Gasteiger partial charge in [-0.25, -0.2) is 14.4 Å². The van der Waals surface area contributed by atoms with E-state index in [9.17, 15) is 9.50 Å². The highest BCUT2D eigenvalue weighted by molar-refractivity contribution is 5.86. The van der Waals surface area contributed by atoms with Gasteiger partial charge in [-0.2, -0.15) is 0 Å². The molecule has 1 atom stereocenters. The van der Waals surface area contributed by atoms with Crippen molar-refractivity contribution in [3.05, 3.63) is 53.7 Å². The second-order valence-corrected chi connectivity index (χ2v) is 6.53. The number of fused-ring (bicyclic) bond motifs is 1. The van der Waals surface area contributed by atoms with Crippen molar-refractivity contribution in [3.63, 3.8) is 0 Å². The van der Waals surface area contributed by atoms with Crippen LogP contribution in [0, 0.1) is 12.7 Å². The Morgan fingerprint density at radius 1 is 1.19 bits per heavy atom. The van der Waals surface area contributed by atoms with E-state index in [2.05, 4.69) is 22.2 Å². The number of hydrogen-bond donors (Lipinski definition) is 2. The quantitative estimate of drug-likeness (QED) is 0.643. The third kappa shape index (κ3) is 4.02. The zero-order valence-electron chi connectivity index (χ0n) is 15.2. The molecule has 0 unspecified atom stereocenters. The van der Waals surface area contributed by atoms with Crippen LogP contribution in [0.4, 0.5) is 10.2 Å². The zero-order chi connectivity index (χ0) is 18.5. The van der Waals surface area contributed by atoms with Crippen LogP contribution in [0.5, 0.6) is 0 Å². The lowest BCUT2D eigenvalue weighted by atomic mass is 10.1. The summed E-state index contributed by atoms with van der Waals surface area (Å²) in [6, 6.07) is 8.85. The number of aliphatic hydroxyl groups is 1. The number of benzene rings is 1. The van der Waals surface area contributed by atoms with E-state index in [0.29, 0.717) is 24.4 Å². The maximum Gasteiger partial charge on any atom is 0.154 e. The van der Waals surface area contributed by atoms with E-state index < -0.39 is 0 Å². The van der Waals surface area contributed by atoms with Crippen LogP contribution in [0.3, 0.4) is 0 Å². The number of aryl methyl sites for hydroxylation is 1. The molecule has 0 amide bonds. The van der Waals surface area contributed by atoms with Gasteiger partial charge < -0.3 is 15.0 Å². The number of hydrogen-bond acceptors (Lipinski definition) is 4. The largest absolute Gasteiger partial charge is 0.396 e. The van der Waals surface area contributed by atoms with Crippen molar-refractivity contribution in [1.29, 1.82) is 0 Å². The average molecular weight is 356 g/mol. The summed E-state index contributed by atoms with van der Waals surface area (Å²) in [7, 11) is 0. The van der Waals surface area contributed by atoms with E-state index in [1.165, 1.54) is 6.07 Å². The minimum absolute atomic E-state index is 0.126. The molecule has 2 aromatic heterocycles. The molecule has 0 aliphatic rings. The van der Waals surface area contributed by atoms with Crippen LogP contribution in [0.1, 0.15) is 37.6 Å². The third-order valence-electron chi connectivity index (χ3n) is 4.48. The molecule has 1 aromatic carbocycles. The molecule has 2 N–H and O–H groups in total. The number of aliphatic hydroxyl groups excluding tert-OH is 1. The van der Waals surface area contributed by atoms with Gasteiger partial charge in [-0.05, 0) is 31.9 Å². The van der Waals surface area contributed by atoms with Crippen LogP contribution < -0.4 is 5.32 Å². The van der Waals surface area contributed by atoms with Gasteiger partial charge in [0.05, 0.1) is 12.1 Å². The molecular weight excluding hydrogens is 331 g/mol. The third-order valence-corrected chi connectivity index (χ3v) is 4.48. The van der Waals surface area contributed by atoms with Crippen molar-refractivity contribution in [3.8, 4) is 0 Å². The van der Waals surface area contributed by atoms with Crippen LogP contribution in [0.2, 0.25) is 0 Å². The van der Waals surface area contributed by atoms with Gasteiger partial charge in [0.1, 0.15) is 17.2 Å². The number of anilines is 1. The Balaban J connectivity index is 1.99. The number of rotatable bonds is 8. The Bertz CT molecular complexity index is 871. The lowest BCUT2D eigenvalue weighted by Gasteiger charge is -2.19. The van der Waals surface area contributed by atoms with Gasteiger partial charge in [0.15, 0.2) is 5.82 Å². The molecule has 0 aliphatic heterocycles. The van der Waals surface area contributed by atoms with Crippen LogP contribution in [-0.4, -0.2) is 32.3 Å². The molecule has 26 heavy (non-hydrogen) atoms. The summed E-state index contributed by atoms with van der Waals surface area (Å²) < 4.78 is 16.0. The average Bonchev–Trinajstić information content (AvgIpc) is 3.00. The Hall–Kier alpha value is -2.47. The fourth-order valence-electron chi connectivity index (χ4n) is 3.25. The summed E-state index contributed by atoms with van der Waals surface area (Å²) in [6.07, 6.45) is 4.53. The van der Waals surface area contributed by atoms with E-state index in [1.54, 1.807) is 12.1 Å². The summed E-state index contributed by atoms with van der Waals surface area (Å²) in [4.78, 5) is 9.09. The zero-order valence-corrected chi connectivity index (χ0v) is 15.2. The van der Waals surface area contributed by atoms with E-state index in [0.717, 1.165) is 29.7 Å². The normalized spacial score (nSPS) is 12.5. The minimum Gasteiger partial charge on any atom is -0.396 e. The summed E-state index contributed by atoms with van der Waals surface area (Å²) in [6.45, 7) is 4.52. The lowest BCUT2D eigenvalue weighted by molar-refractivity contribution is 0.276. The molecule has 0 bridgehead atoms. The van der Waals surface area contributed by atoms with E-state index >= 15 is 0 Å². The highest BCUT2D eigenvalue weighted by Gasteiger charge is 2.15. The molecular formula is C20H25FN4O. The molecule has 0 fully saturated rings. The fraction of sp³-hybridized carbons (Fsp3) is 0.400. The molecule has 5 nitrogen and oxygen atoms in total. The van der Waals surface area contributed by atoms with Crippen molar-refractivity contribution >= 4 is 16.9 Å². The second kappa shape index (κ2) is 8.27. The molecule has 138 valence electrons. The van der Waals surface area contributed by atoms with Crippen molar-refractivity contribution in [1.82, 2.24) is 14.5 Å². The highest BCUT2D eigenvalue weighted by atomic mass is 19.1. The highest BCUT2D eigenvalue weighted by Crippen LogP contribution is 2.25. The first-order valence-corrected chi connectivity index (χ1v) is 9.06. The van der Waals surface area contributed by atoms with E-state index in [1.807, 2.05) is 29.8 Å². The molecule has 3 rings (SSSR count). The fourth-order valence-corrected chi connectivity index (χ4v) is 3.25. The maximum atomic E-state index is 14.1. The predicted molar refractivity (Wildman–Crippen MR) is 102 cm³/mol. The van der Waals surface area contributed by atoms with Crippen molar-refractivity contribution in [2.24, 2.45) is 0 Å². The number of aromatic nitrogens is 3. The van der Waals surface area contributed by atoms with Crippen LogP contribution in [0.25, 0.3) is 11.0 Å². The Kier molecular flexibility index (Phi) is 5.83. The molecule has 0 saturated heterocycles. The van der Waals surface area contributed by atoms with Gasteiger partial charge in [0, 0.05) is 24.4 Å². The Morgan fingerprint density at radius 3 is 2.73 bits per heavy atom. The van der Waals surface area contributed by atoms with Crippen LogP contribution in [0.15, 0.2) is 36.5 Å². The monoisotopic (exact) mass is 356 g/mol. The Morgan fingerprint density at radius 2 is 2.00 bits per heavy atom. The minimum atomic E-state index is -0.221. The van der Waals surface area contributed by atoms with Gasteiger partial charge >= 0.3 is 0 Å². The maximum absolute atomic E-state index is 14.1. The molecule has 6 heteroatoms. The Labute approximate surface area is 152 Å². The van der Waals surface area contributed by atoms with Gasteiger partial charge in [-0.3, -0.25) is 0 Å². The molecule has 2 heterocycles. The van der Waals surface area contributed by atoms with E-state index in [4.69, 9.17) is 0 Å². The van der Waals surface area contributed by atoms with E-state index in [-0.39, 0.29) is 18.5 Å². The van der Waals surface area contributed by atoms with Gasteiger partial charge in [-0.1, -0.05) is 31.5 Å². The van der Waals surface area contributed by atoms with Crippen LogP contribution >= 0.6 is 0 Å². The SMILES string of the molecule is CCC[C@@H](CCO)Nc1nc(C)nc2ccn(Cc3ccccc3F)c12. The summed E-state index contributed by atoms with van der Waals surface area (Å²) >= 11 is 0. The predicted octanol–water partition coefficient (Wildman–Crippen LogP) is 3.89. The molecule has 0 radical (unpaired) electrons. The van der Waals surface area contributed by atoms with Gasteiger partial charge in [-0.15, -0.1) is 0 Å². The molecule has 3 aromatic rings. The van der Waals surface area contributed by atoms with Crippen LogP contribution in [-0.2, 0) is 6.54 Å². The number of halogens is 1. The van der Waals surface area contributed by atoms with Crippen molar-refractivity contribution < 1.29 is 9.50 Å². The first kappa shape index (κ1) is 18.3. The van der Waals surface area contributed by atoms with Crippen molar-refractivity contribution in [2.45, 2.75) is 45.7 Å². The summed E-state index contributed by atoms with van der Waals surface area (Å²) in [5.74, 6) is 1.20. The van der Waals surface area contributed by atoms with Gasteiger partial charge in [0.25, 0.3) is 0 Å². The smallest absolute Gasteiger partial charge is 0.154 e.